The first kappa shape index (κ1) is 21.9. The summed E-state index contributed by atoms with van der Waals surface area (Å²) in [5, 5.41) is 3.43. The van der Waals surface area contributed by atoms with Crippen molar-refractivity contribution in [2.45, 2.75) is 24.3 Å². The van der Waals surface area contributed by atoms with Gasteiger partial charge in [-0.25, -0.2) is 0 Å². The van der Waals surface area contributed by atoms with Gasteiger partial charge >= 0.3 is 0 Å². The van der Waals surface area contributed by atoms with E-state index < -0.39 is 0 Å². The van der Waals surface area contributed by atoms with Crippen LogP contribution in [0.2, 0.25) is 0 Å². The number of rotatable bonds is 8. The lowest BCUT2D eigenvalue weighted by Gasteiger charge is -2.22. The van der Waals surface area contributed by atoms with E-state index in [0.29, 0.717) is 0 Å². The molecule has 0 bridgehead atoms. The summed E-state index contributed by atoms with van der Waals surface area (Å²) in [4.78, 5) is 7.83. The molecule has 0 atom stereocenters. The van der Waals surface area contributed by atoms with Crippen LogP contribution in [0.15, 0.2) is 34.2 Å². The van der Waals surface area contributed by atoms with Crippen LogP contribution in [0.5, 0.6) is 0 Å². The van der Waals surface area contributed by atoms with Crippen molar-refractivity contribution in [2.24, 2.45) is 4.99 Å². The van der Waals surface area contributed by atoms with Crippen LogP contribution in [-0.4, -0.2) is 49.8 Å². The molecule has 1 aromatic carbocycles. The minimum Gasteiger partial charge on any atom is -0.356 e. The molecular formula is C16H28IN3S2. The maximum Gasteiger partial charge on any atom is 0.193 e. The lowest BCUT2D eigenvalue weighted by molar-refractivity contribution is 0.475. The zero-order valence-electron chi connectivity index (χ0n) is 14.0. The van der Waals surface area contributed by atoms with E-state index in [2.05, 4.69) is 59.0 Å². The fraction of sp³-hybridized carbons (Fsp3) is 0.562. The largest absolute Gasteiger partial charge is 0.356 e. The Morgan fingerprint density at radius 2 is 1.86 bits per heavy atom. The normalized spacial score (nSPS) is 11.0. The molecule has 3 nitrogen and oxygen atoms in total. The summed E-state index contributed by atoms with van der Waals surface area (Å²) in [7, 11) is 3.93. The van der Waals surface area contributed by atoms with Crippen molar-refractivity contribution in [2.75, 3.05) is 38.9 Å². The second-order valence-corrected chi connectivity index (χ2v) is 6.74. The second-order valence-electron chi connectivity index (χ2n) is 4.88. The Hall–Kier alpha value is -0.0800. The molecule has 0 aromatic heterocycles. The van der Waals surface area contributed by atoms with Crippen molar-refractivity contribution in [1.29, 1.82) is 0 Å². The molecule has 0 saturated heterocycles. The Kier molecular flexibility index (Phi) is 13.3. The minimum absolute atomic E-state index is 0. The van der Waals surface area contributed by atoms with Crippen LogP contribution in [0, 0.1) is 0 Å². The first-order valence-electron chi connectivity index (χ1n) is 7.25. The van der Waals surface area contributed by atoms with Crippen molar-refractivity contribution >= 4 is 53.5 Å². The summed E-state index contributed by atoms with van der Waals surface area (Å²) in [6.45, 7) is 1.86. The van der Waals surface area contributed by atoms with E-state index in [4.69, 9.17) is 0 Å². The van der Waals surface area contributed by atoms with Crippen molar-refractivity contribution in [3.63, 3.8) is 0 Å². The maximum atomic E-state index is 4.36. The molecule has 1 rings (SSSR count). The quantitative estimate of drug-likeness (QED) is 0.210. The number of benzene rings is 1. The van der Waals surface area contributed by atoms with Gasteiger partial charge in [0.1, 0.15) is 0 Å². The average Bonchev–Trinajstić information content (AvgIpc) is 2.51. The molecular weight excluding hydrogens is 425 g/mol. The number of nitrogens with one attached hydrogen (secondary N) is 1. The molecule has 1 aromatic rings. The molecule has 0 aliphatic heterocycles. The third-order valence-corrected chi connectivity index (χ3v) is 4.65. The molecule has 0 fully saturated rings. The number of thioether (sulfide) groups is 2. The number of unbranched alkanes of at least 4 members (excludes halogenated alkanes) is 1. The van der Waals surface area contributed by atoms with Crippen LogP contribution in [0.1, 0.15) is 18.4 Å². The van der Waals surface area contributed by atoms with E-state index in [0.717, 1.165) is 19.0 Å². The molecule has 0 spiro atoms. The molecule has 0 aliphatic rings. The molecule has 0 radical (unpaired) electrons. The molecule has 0 unspecified atom stereocenters. The zero-order valence-corrected chi connectivity index (χ0v) is 17.9. The van der Waals surface area contributed by atoms with Crippen LogP contribution < -0.4 is 5.32 Å². The zero-order chi connectivity index (χ0) is 15.5. The summed E-state index contributed by atoms with van der Waals surface area (Å²) >= 11 is 3.68. The number of nitrogens with zero attached hydrogens (tertiary/aromatic N) is 2. The molecule has 0 saturated carbocycles. The predicted octanol–water partition coefficient (Wildman–Crippen LogP) is 4.18. The predicted molar refractivity (Wildman–Crippen MR) is 114 cm³/mol. The Morgan fingerprint density at radius 3 is 2.41 bits per heavy atom. The summed E-state index contributed by atoms with van der Waals surface area (Å²) in [5.41, 5.74) is 1.31. The van der Waals surface area contributed by atoms with Crippen molar-refractivity contribution < 1.29 is 0 Å². The Balaban J connectivity index is 0.00000441. The lowest BCUT2D eigenvalue weighted by atomic mass is 10.2. The van der Waals surface area contributed by atoms with Gasteiger partial charge in [-0.05, 0) is 48.8 Å². The number of hydrogen-bond acceptors (Lipinski definition) is 3. The van der Waals surface area contributed by atoms with Crippen molar-refractivity contribution in [1.82, 2.24) is 10.2 Å². The van der Waals surface area contributed by atoms with Gasteiger partial charge in [0, 0.05) is 32.1 Å². The third-order valence-electron chi connectivity index (χ3n) is 3.21. The van der Waals surface area contributed by atoms with Crippen molar-refractivity contribution in [3.05, 3.63) is 29.8 Å². The van der Waals surface area contributed by atoms with Gasteiger partial charge in [0.25, 0.3) is 0 Å². The summed E-state index contributed by atoms with van der Waals surface area (Å²) in [5.74, 6) is 2.20. The fourth-order valence-corrected chi connectivity index (χ4v) is 2.94. The molecule has 0 heterocycles. The SMILES string of the molecule is CN=C(NCCCCSC)N(C)Cc1ccc(SC)cc1.I. The van der Waals surface area contributed by atoms with E-state index in [1.54, 1.807) is 11.8 Å². The molecule has 22 heavy (non-hydrogen) atoms. The Labute approximate surface area is 161 Å². The Morgan fingerprint density at radius 1 is 1.18 bits per heavy atom. The monoisotopic (exact) mass is 453 g/mol. The number of hydrogen-bond donors (Lipinski definition) is 1. The van der Waals surface area contributed by atoms with Gasteiger partial charge in [0.2, 0.25) is 0 Å². The highest BCUT2D eigenvalue weighted by atomic mass is 127. The highest BCUT2D eigenvalue weighted by molar-refractivity contribution is 14.0. The fourth-order valence-electron chi connectivity index (χ4n) is 2.04. The maximum absolute atomic E-state index is 4.36. The molecule has 0 amide bonds. The molecule has 6 heteroatoms. The number of guanidine groups is 1. The van der Waals surface area contributed by atoms with Crippen LogP contribution in [0.25, 0.3) is 0 Å². The van der Waals surface area contributed by atoms with E-state index in [-0.39, 0.29) is 24.0 Å². The highest BCUT2D eigenvalue weighted by Gasteiger charge is 2.06. The van der Waals surface area contributed by atoms with E-state index in [1.165, 1.54) is 29.1 Å². The summed E-state index contributed by atoms with van der Waals surface area (Å²) < 4.78 is 0. The first-order valence-corrected chi connectivity index (χ1v) is 9.86. The van der Waals surface area contributed by atoms with Gasteiger partial charge in [0.15, 0.2) is 5.96 Å². The lowest BCUT2D eigenvalue weighted by Crippen LogP contribution is -2.38. The van der Waals surface area contributed by atoms with Gasteiger partial charge in [-0.3, -0.25) is 4.99 Å². The van der Waals surface area contributed by atoms with Crippen LogP contribution in [0.3, 0.4) is 0 Å². The van der Waals surface area contributed by atoms with Gasteiger partial charge in [-0.15, -0.1) is 35.7 Å². The van der Waals surface area contributed by atoms with Gasteiger partial charge in [-0.1, -0.05) is 12.1 Å². The average molecular weight is 453 g/mol. The first-order chi connectivity index (χ1) is 10.2. The van der Waals surface area contributed by atoms with Crippen LogP contribution >= 0.6 is 47.5 Å². The van der Waals surface area contributed by atoms with Crippen LogP contribution in [0.4, 0.5) is 0 Å². The summed E-state index contributed by atoms with van der Waals surface area (Å²) in [6, 6.07) is 8.72. The van der Waals surface area contributed by atoms with Gasteiger partial charge in [-0.2, -0.15) is 11.8 Å². The standard InChI is InChI=1S/C16H27N3S2.HI/c1-17-16(18-11-5-6-12-20-3)19(2)13-14-7-9-15(21-4)10-8-14;/h7-10H,5-6,11-13H2,1-4H3,(H,17,18);1H. The van der Waals surface area contributed by atoms with E-state index in [1.807, 2.05) is 18.8 Å². The molecule has 1 N–H and O–H groups in total. The Bertz CT molecular complexity index is 424. The topological polar surface area (TPSA) is 27.6 Å². The summed E-state index contributed by atoms with van der Waals surface area (Å²) in [6.07, 6.45) is 6.70. The number of aliphatic imine (C=N–C) groups is 1. The minimum atomic E-state index is 0. The highest BCUT2D eigenvalue weighted by Crippen LogP contribution is 2.15. The van der Waals surface area contributed by atoms with E-state index in [9.17, 15) is 0 Å². The van der Waals surface area contributed by atoms with Gasteiger partial charge < -0.3 is 10.2 Å². The molecule has 0 aliphatic carbocycles. The smallest absolute Gasteiger partial charge is 0.193 e. The van der Waals surface area contributed by atoms with Crippen LogP contribution in [-0.2, 0) is 6.54 Å². The number of halogens is 1. The third kappa shape index (κ3) is 8.53. The van der Waals surface area contributed by atoms with E-state index >= 15 is 0 Å². The van der Waals surface area contributed by atoms with Crippen molar-refractivity contribution in [3.8, 4) is 0 Å². The second kappa shape index (κ2) is 13.4. The van der Waals surface area contributed by atoms with Gasteiger partial charge in [0.05, 0.1) is 0 Å². The molecule has 126 valence electrons.